The first-order valence-corrected chi connectivity index (χ1v) is 16.1. The van der Waals surface area contributed by atoms with Gasteiger partial charge in [0.05, 0.1) is 0 Å². The average Bonchev–Trinajstić information content (AvgIpc) is 3.33. The summed E-state index contributed by atoms with van der Waals surface area (Å²) < 4.78 is 0. The van der Waals surface area contributed by atoms with E-state index in [9.17, 15) is 5.11 Å². The van der Waals surface area contributed by atoms with Crippen molar-refractivity contribution in [3.05, 3.63) is 155 Å². The summed E-state index contributed by atoms with van der Waals surface area (Å²) in [6.45, 7) is 0. The fourth-order valence-corrected chi connectivity index (χ4v) is 5.28. The van der Waals surface area contributed by atoms with Crippen LogP contribution in [0.25, 0.3) is 22.3 Å². The molecule has 36 heavy (non-hydrogen) atoms. The molecule has 0 spiro atoms. The van der Waals surface area contributed by atoms with Crippen molar-refractivity contribution in [3.8, 4) is 22.3 Å². The number of benzene rings is 5. The van der Waals surface area contributed by atoms with Gasteiger partial charge in [0.15, 0.2) is 0 Å². The predicted molar refractivity (Wildman–Crippen MR) is 147 cm³/mol. The Kier molecular flexibility index (Phi) is 7.77. The Balaban J connectivity index is 0.000000848. The van der Waals surface area contributed by atoms with Crippen LogP contribution in [0.5, 0.6) is 0 Å². The molecule has 0 amide bonds. The molecule has 5 aromatic carbocycles. The van der Waals surface area contributed by atoms with E-state index in [1.807, 2.05) is 66.7 Å². The minimum absolute atomic E-state index is 0.556. The van der Waals surface area contributed by atoms with Gasteiger partial charge in [-0.15, -0.1) is 0 Å². The molecule has 0 saturated heterocycles. The molecule has 176 valence electrons. The van der Waals surface area contributed by atoms with Crippen molar-refractivity contribution in [3.63, 3.8) is 0 Å². The van der Waals surface area contributed by atoms with Crippen molar-refractivity contribution in [2.24, 2.45) is 0 Å². The summed E-state index contributed by atoms with van der Waals surface area (Å²) in [5.74, 6) is 0. The molecule has 1 aliphatic rings. The van der Waals surface area contributed by atoms with E-state index >= 15 is 0 Å². The Morgan fingerprint density at radius 2 is 0.972 bits per heavy atom. The van der Waals surface area contributed by atoms with Crippen LogP contribution < -0.4 is 0 Å². The Bertz CT molecular complexity index is 1430. The molecule has 1 N–H and O–H groups in total. The zero-order valence-corrected chi connectivity index (χ0v) is 22.6. The Labute approximate surface area is 229 Å². The number of fused-ring (bicyclic) bond motifs is 3. The first kappa shape index (κ1) is 25.0. The van der Waals surface area contributed by atoms with E-state index in [-0.39, 0.29) is 0 Å². The van der Waals surface area contributed by atoms with Gasteiger partial charge in [0.1, 0.15) is 5.60 Å². The molecule has 0 fully saturated rings. The van der Waals surface area contributed by atoms with Crippen molar-refractivity contribution in [2.75, 3.05) is 0 Å². The molecule has 1 nitrogen and oxygen atoms in total. The van der Waals surface area contributed by atoms with Gasteiger partial charge in [-0.25, -0.2) is 0 Å². The summed E-state index contributed by atoms with van der Waals surface area (Å²) in [4.78, 5) is 0. The van der Waals surface area contributed by atoms with Gasteiger partial charge < -0.3 is 5.11 Å². The number of rotatable bonds is 4. The molecule has 0 atom stereocenters. The van der Waals surface area contributed by atoms with Crippen LogP contribution in [-0.4, -0.2) is 5.11 Å². The van der Waals surface area contributed by atoms with Gasteiger partial charge in [-0.1, -0.05) is 127 Å². The van der Waals surface area contributed by atoms with Gasteiger partial charge in [0.25, 0.3) is 0 Å². The Morgan fingerprint density at radius 3 is 1.58 bits per heavy atom. The van der Waals surface area contributed by atoms with Crippen LogP contribution in [0.3, 0.4) is 0 Å². The molecule has 0 unspecified atom stereocenters. The monoisotopic (exact) mass is 542 g/mol. The quantitative estimate of drug-likeness (QED) is 0.175. The van der Waals surface area contributed by atoms with E-state index in [1.54, 1.807) is 0 Å². The molecular formula is C32H24Cl2OTi. The molecule has 0 radical (unpaired) electrons. The van der Waals surface area contributed by atoms with Crippen molar-refractivity contribution < 1.29 is 22.1 Å². The number of hydrogen-bond donors (Lipinski definition) is 1. The van der Waals surface area contributed by atoms with Crippen LogP contribution in [0, 0.1) is 0 Å². The zero-order valence-electron chi connectivity index (χ0n) is 19.5. The summed E-state index contributed by atoms with van der Waals surface area (Å²) in [5, 5.41) is 12.5. The van der Waals surface area contributed by atoms with Crippen LogP contribution in [0.1, 0.15) is 27.8 Å². The molecule has 0 aromatic heterocycles. The molecule has 5 aromatic rings. The number of aliphatic hydroxyl groups is 1. The Morgan fingerprint density at radius 1 is 0.528 bits per heavy atom. The second kappa shape index (κ2) is 11.2. The zero-order chi connectivity index (χ0) is 25.0. The fourth-order valence-electron chi connectivity index (χ4n) is 5.28. The van der Waals surface area contributed by atoms with Crippen LogP contribution in [0.4, 0.5) is 0 Å². The third-order valence-electron chi connectivity index (χ3n) is 6.84. The third kappa shape index (κ3) is 4.59. The molecule has 0 bridgehead atoms. The number of hydrogen-bond acceptors (Lipinski definition) is 1. The average molecular weight is 543 g/mol. The van der Waals surface area contributed by atoms with E-state index in [4.69, 9.17) is 18.6 Å². The molecule has 0 saturated carbocycles. The van der Waals surface area contributed by atoms with Crippen LogP contribution in [0.15, 0.2) is 127 Å². The van der Waals surface area contributed by atoms with E-state index in [0.717, 1.165) is 28.7 Å². The van der Waals surface area contributed by atoms with Crippen molar-refractivity contribution in [1.29, 1.82) is 0 Å². The second-order valence-electron chi connectivity index (χ2n) is 8.73. The molecular weight excluding hydrogens is 519 g/mol. The fraction of sp³-hybridized carbons (Fsp3) is 0.0625. The van der Waals surface area contributed by atoms with E-state index in [0.29, 0.717) is 0 Å². The van der Waals surface area contributed by atoms with Crippen LogP contribution in [0.2, 0.25) is 0 Å². The van der Waals surface area contributed by atoms with Gasteiger partial charge >= 0.3 is 35.6 Å². The second-order valence-corrected chi connectivity index (χ2v) is 11.3. The summed E-state index contributed by atoms with van der Waals surface area (Å²) in [5.41, 5.74) is 8.89. The molecule has 6 rings (SSSR count). The van der Waals surface area contributed by atoms with Gasteiger partial charge in [-0.3, -0.25) is 0 Å². The van der Waals surface area contributed by atoms with Gasteiger partial charge in [-0.2, -0.15) is 0 Å². The van der Waals surface area contributed by atoms with Gasteiger partial charge in [-0.05, 0) is 50.9 Å². The van der Waals surface area contributed by atoms with Crippen molar-refractivity contribution >= 4 is 18.6 Å². The van der Waals surface area contributed by atoms with Gasteiger partial charge in [0.2, 0.25) is 0 Å². The summed E-state index contributed by atoms with van der Waals surface area (Å²) >= 11 is -0.556. The minimum atomic E-state index is -1.27. The van der Waals surface area contributed by atoms with E-state index in [1.165, 1.54) is 27.8 Å². The maximum absolute atomic E-state index is 12.5. The standard InChI is InChI=1S/C32H24O.2ClH.Ti/c33-32(24-13-3-1-4-14-24,25-15-5-2-6-16-25)31-21-10-9-18-29(31)28-20-11-19-27-26-17-8-7-12-23(26)22-30(27)28;;;/h1-21,33H,22H2;2*1H;/q;;;+2/p-2. The SMILES string of the molecule is OC(c1ccccc1)(c1ccccc1)c1ccccc1-c1cccc2c1Cc1ccccc1-2.[Cl][Ti][Cl]. The molecule has 1 aliphatic carbocycles. The maximum atomic E-state index is 12.5. The van der Waals surface area contributed by atoms with Crippen molar-refractivity contribution in [1.82, 2.24) is 0 Å². The molecule has 0 aliphatic heterocycles. The van der Waals surface area contributed by atoms with Crippen LogP contribution in [-0.2, 0) is 29.1 Å². The summed E-state index contributed by atoms with van der Waals surface area (Å²) in [6.07, 6.45) is 0.908. The molecule has 0 heterocycles. The van der Waals surface area contributed by atoms with Crippen molar-refractivity contribution in [2.45, 2.75) is 12.0 Å². The van der Waals surface area contributed by atoms with E-state index < -0.39 is 22.6 Å². The summed E-state index contributed by atoms with van der Waals surface area (Å²) in [6, 6.07) is 43.5. The summed E-state index contributed by atoms with van der Waals surface area (Å²) in [7, 11) is 9.78. The van der Waals surface area contributed by atoms with Gasteiger partial charge in [0, 0.05) is 5.56 Å². The third-order valence-corrected chi connectivity index (χ3v) is 6.84. The topological polar surface area (TPSA) is 20.2 Å². The molecule has 4 heteroatoms. The normalized spacial score (nSPS) is 11.6. The van der Waals surface area contributed by atoms with Crippen LogP contribution >= 0.6 is 18.6 Å². The predicted octanol–water partition coefficient (Wildman–Crippen LogP) is 8.59. The first-order chi connectivity index (χ1) is 17.7. The Hall–Kier alpha value is -2.65. The first-order valence-electron chi connectivity index (χ1n) is 11.8. The van der Waals surface area contributed by atoms with E-state index in [2.05, 4.69) is 60.7 Å². The number of halogens is 2.